The van der Waals surface area contributed by atoms with Crippen molar-refractivity contribution in [2.45, 2.75) is 25.3 Å². The van der Waals surface area contributed by atoms with E-state index in [1.54, 1.807) is 12.4 Å². The van der Waals surface area contributed by atoms with E-state index in [0.717, 1.165) is 29.6 Å². The molecule has 2 N–H and O–H groups in total. The van der Waals surface area contributed by atoms with E-state index in [2.05, 4.69) is 32.5 Å². The molecule has 0 aliphatic rings. The number of hydrogen-bond acceptors (Lipinski definition) is 3. The normalized spacial score (nSPS) is 12.4. The molecule has 0 fully saturated rings. The highest BCUT2D eigenvalue weighted by atomic mass is 79.9. The fraction of sp³-hybridized carbons (Fsp3) is 0.400. The van der Waals surface area contributed by atoms with Crippen LogP contribution in [0.3, 0.4) is 0 Å². The van der Waals surface area contributed by atoms with Gasteiger partial charge in [-0.2, -0.15) is 0 Å². The molecule has 0 saturated heterocycles. The van der Waals surface area contributed by atoms with Crippen LogP contribution in [0.1, 0.15) is 31.0 Å². The highest BCUT2D eigenvalue weighted by Gasteiger charge is 2.10. The number of allylic oxidation sites excluding steroid dienone is 1. The van der Waals surface area contributed by atoms with Crippen LogP contribution >= 0.6 is 15.9 Å². The van der Waals surface area contributed by atoms with E-state index in [1.807, 2.05) is 6.08 Å². The molecule has 0 aliphatic carbocycles. The average molecular weight is 256 g/mol. The van der Waals surface area contributed by atoms with Crippen LogP contribution < -0.4 is 5.73 Å². The van der Waals surface area contributed by atoms with Crippen molar-refractivity contribution < 1.29 is 0 Å². The Morgan fingerprint density at radius 1 is 1.50 bits per heavy atom. The van der Waals surface area contributed by atoms with Crippen molar-refractivity contribution in [3.05, 3.63) is 35.3 Å². The van der Waals surface area contributed by atoms with Crippen LogP contribution in [-0.2, 0) is 0 Å². The summed E-state index contributed by atoms with van der Waals surface area (Å²) in [4.78, 5) is 8.28. The summed E-state index contributed by atoms with van der Waals surface area (Å²) >= 11 is 3.33. The monoisotopic (exact) mass is 255 g/mol. The molecule has 0 saturated carbocycles. The van der Waals surface area contributed by atoms with Gasteiger partial charge in [0, 0.05) is 18.4 Å². The van der Waals surface area contributed by atoms with Gasteiger partial charge in [0.15, 0.2) is 0 Å². The van der Waals surface area contributed by atoms with Gasteiger partial charge in [0.25, 0.3) is 0 Å². The van der Waals surface area contributed by atoms with Gasteiger partial charge < -0.3 is 5.73 Å². The first-order valence-electron chi connectivity index (χ1n) is 4.58. The maximum atomic E-state index is 5.97. The Kier molecular flexibility index (Phi) is 4.76. The van der Waals surface area contributed by atoms with Crippen molar-refractivity contribution in [2.24, 2.45) is 5.73 Å². The Hall–Kier alpha value is -0.740. The average Bonchev–Trinajstić information content (AvgIpc) is 2.18. The summed E-state index contributed by atoms with van der Waals surface area (Å²) in [6.45, 7) is 3.67. The van der Waals surface area contributed by atoms with Crippen LogP contribution in [0.4, 0.5) is 0 Å². The summed E-state index contributed by atoms with van der Waals surface area (Å²) < 4.78 is 0.742. The third-order valence-electron chi connectivity index (χ3n) is 1.95. The molecule has 1 aromatic rings. The van der Waals surface area contributed by atoms with Gasteiger partial charge in [0.05, 0.1) is 5.69 Å². The first kappa shape index (κ1) is 11.3. The van der Waals surface area contributed by atoms with E-state index in [1.165, 1.54) is 0 Å². The summed E-state index contributed by atoms with van der Waals surface area (Å²) in [5, 5.41) is 0. The van der Waals surface area contributed by atoms with Crippen molar-refractivity contribution in [2.75, 3.05) is 0 Å². The zero-order chi connectivity index (χ0) is 10.4. The van der Waals surface area contributed by atoms with Crippen LogP contribution in [0.15, 0.2) is 29.7 Å². The fourth-order valence-corrected chi connectivity index (χ4v) is 1.71. The SMILES string of the molecule is C=CCCC[C@H](N)c1nccnc1Br. The van der Waals surface area contributed by atoms with E-state index < -0.39 is 0 Å². The number of hydrogen-bond donors (Lipinski definition) is 1. The summed E-state index contributed by atoms with van der Waals surface area (Å²) in [6.07, 6.45) is 8.14. The summed E-state index contributed by atoms with van der Waals surface area (Å²) in [7, 11) is 0. The molecular formula is C10H14BrN3. The Labute approximate surface area is 92.6 Å². The van der Waals surface area contributed by atoms with E-state index >= 15 is 0 Å². The number of unbranched alkanes of at least 4 members (excludes halogenated alkanes) is 1. The molecule has 1 atom stereocenters. The van der Waals surface area contributed by atoms with Crippen molar-refractivity contribution in [1.82, 2.24) is 9.97 Å². The Morgan fingerprint density at radius 3 is 2.86 bits per heavy atom. The van der Waals surface area contributed by atoms with Gasteiger partial charge in [-0.05, 0) is 35.2 Å². The van der Waals surface area contributed by atoms with Crippen molar-refractivity contribution in [1.29, 1.82) is 0 Å². The molecule has 76 valence electrons. The molecule has 1 aromatic heterocycles. The minimum Gasteiger partial charge on any atom is -0.323 e. The van der Waals surface area contributed by atoms with E-state index in [-0.39, 0.29) is 6.04 Å². The Morgan fingerprint density at radius 2 is 2.21 bits per heavy atom. The number of rotatable bonds is 5. The van der Waals surface area contributed by atoms with Gasteiger partial charge in [-0.25, -0.2) is 4.98 Å². The topological polar surface area (TPSA) is 51.8 Å². The van der Waals surface area contributed by atoms with Gasteiger partial charge in [-0.3, -0.25) is 4.98 Å². The van der Waals surface area contributed by atoms with Gasteiger partial charge in [-0.1, -0.05) is 6.08 Å². The molecule has 1 rings (SSSR count). The molecule has 0 amide bonds. The molecule has 0 aliphatic heterocycles. The molecule has 0 bridgehead atoms. The fourth-order valence-electron chi connectivity index (χ4n) is 1.20. The largest absolute Gasteiger partial charge is 0.323 e. The lowest BCUT2D eigenvalue weighted by Gasteiger charge is -2.10. The molecule has 0 aromatic carbocycles. The smallest absolute Gasteiger partial charge is 0.129 e. The number of nitrogens with two attached hydrogens (primary N) is 1. The van der Waals surface area contributed by atoms with Gasteiger partial charge in [-0.15, -0.1) is 6.58 Å². The second-order valence-corrected chi connectivity index (χ2v) is 3.81. The van der Waals surface area contributed by atoms with Crippen LogP contribution in [-0.4, -0.2) is 9.97 Å². The quantitative estimate of drug-likeness (QED) is 0.650. The van der Waals surface area contributed by atoms with Gasteiger partial charge in [0.2, 0.25) is 0 Å². The number of aromatic nitrogens is 2. The highest BCUT2D eigenvalue weighted by molar-refractivity contribution is 9.10. The second-order valence-electron chi connectivity index (χ2n) is 3.06. The van der Waals surface area contributed by atoms with Gasteiger partial charge in [0.1, 0.15) is 4.60 Å². The molecule has 4 heteroatoms. The Bertz CT molecular complexity index is 301. The minimum absolute atomic E-state index is 0.0435. The molecule has 0 radical (unpaired) electrons. The van der Waals surface area contributed by atoms with E-state index in [4.69, 9.17) is 5.73 Å². The standard InChI is InChI=1S/C10H14BrN3/c1-2-3-4-5-8(12)9-10(11)14-7-6-13-9/h2,6-8H,1,3-5,12H2/t8-/m0/s1. The summed E-state index contributed by atoms with van der Waals surface area (Å²) in [5.41, 5.74) is 6.80. The lowest BCUT2D eigenvalue weighted by molar-refractivity contribution is 0.597. The molecule has 14 heavy (non-hydrogen) atoms. The minimum atomic E-state index is -0.0435. The first-order valence-corrected chi connectivity index (χ1v) is 5.38. The van der Waals surface area contributed by atoms with E-state index in [0.29, 0.717) is 0 Å². The highest BCUT2D eigenvalue weighted by Crippen LogP contribution is 2.20. The number of halogens is 1. The van der Waals surface area contributed by atoms with Crippen molar-refractivity contribution in [3.63, 3.8) is 0 Å². The predicted molar refractivity (Wildman–Crippen MR) is 60.7 cm³/mol. The number of nitrogens with zero attached hydrogens (tertiary/aromatic N) is 2. The molecular weight excluding hydrogens is 242 g/mol. The van der Waals surface area contributed by atoms with Crippen LogP contribution in [0.25, 0.3) is 0 Å². The lowest BCUT2D eigenvalue weighted by atomic mass is 10.1. The van der Waals surface area contributed by atoms with Crippen molar-refractivity contribution >= 4 is 15.9 Å². The summed E-state index contributed by atoms with van der Waals surface area (Å²) in [6, 6.07) is -0.0435. The van der Waals surface area contributed by atoms with Crippen LogP contribution in [0.2, 0.25) is 0 Å². The zero-order valence-electron chi connectivity index (χ0n) is 7.99. The third-order valence-corrected chi connectivity index (χ3v) is 2.57. The lowest BCUT2D eigenvalue weighted by Crippen LogP contribution is -2.13. The third kappa shape index (κ3) is 3.20. The zero-order valence-corrected chi connectivity index (χ0v) is 9.57. The van der Waals surface area contributed by atoms with Gasteiger partial charge >= 0.3 is 0 Å². The predicted octanol–water partition coefficient (Wildman–Crippen LogP) is 2.60. The van der Waals surface area contributed by atoms with Crippen LogP contribution in [0.5, 0.6) is 0 Å². The molecule has 0 spiro atoms. The maximum absolute atomic E-state index is 5.97. The molecule has 1 heterocycles. The van der Waals surface area contributed by atoms with Crippen LogP contribution in [0, 0.1) is 0 Å². The molecule has 3 nitrogen and oxygen atoms in total. The Balaban J connectivity index is 2.55. The first-order chi connectivity index (χ1) is 6.75. The molecule has 0 unspecified atom stereocenters. The van der Waals surface area contributed by atoms with Crippen molar-refractivity contribution in [3.8, 4) is 0 Å². The summed E-state index contributed by atoms with van der Waals surface area (Å²) in [5.74, 6) is 0. The van der Waals surface area contributed by atoms with E-state index in [9.17, 15) is 0 Å². The maximum Gasteiger partial charge on any atom is 0.129 e. The second kappa shape index (κ2) is 5.88.